The van der Waals surface area contributed by atoms with Crippen LogP contribution in [0.2, 0.25) is 10.0 Å². The third kappa shape index (κ3) is 8.04. The zero-order chi connectivity index (χ0) is 24.8. The molecule has 1 atom stereocenters. The van der Waals surface area contributed by atoms with Crippen molar-refractivity contribution in [2.24, 2.45) is 0 Å². The summed E-state index contributed by atoms with van der Waals surface area (Å²) in [6.07, 6.45) is 1.38. The van der Waals surface area contributed by atoms with Crippen molar-refractivity contribution < 1.29 is 9.59 Å². The van der Waals surface area contributed by atoms with Gasteiger partial charge in [0.1, 0.15) is 6.04 Å². The van der Waals surface area contributed by atoms with E-state index in [-0.39, 0.29) is 18.4 Å². The third-order valence-electron chi connectivity index (χ3n) is 5.55. The van der Waals surface area contributed by atoms with Crippen molar-refractivity contribution in [1.29, 1.82) is 0 Å². The van der Waals surface area contributed by atoms with Crippen LogP contribution in [0.4, 0.5) is 0 Å². The minimum absolute atomic E-state index is 0.102. The van der Waals surface area contributed by atoms with Gasteiger partial charge in [0.05, 0.1) is 0 Å². The van der Waals surface area contributed by atoms with Crippen LogP contribution in [0.15, 0.2) is 42.5 Å². The molecule has 33 heavy (non-hydrogen) atoms. The van der Waals surface area contributed by atoms with Gasteiger partial charge in [-0.05, 0) is 62.8 Å². The first kappa shape index (κ1) is 27.2. The van der Waals surface area contributed by atoms with E-state index < -0.39 is 11.6 Å². The van der Waals surface area contributed by atoms with E-state index in [1.807, 2.05) is 27.7 Å². The van der Waals surface area contributed by atoms with Crippen molar-refractivity contribution in [2.45, 2.75) is 84.8 Å². The fourth-order valence-electron chi connectivity index (χ4n) is 3.69. The Hall–Kier alpha value is -2.04. The first-order valence-corrected chi connectivity index (χ1v) is 12.3. The molecule has 0 saturated heterocycles. The van der Waals surface area contributed by atoms with Gasteiger partial charge >= 0.3 is 0 Å². The number of hydrogen-bond acceptors (Lipinski definition) is 2. The minimum atomic E-state index is -0.618. The van der Waals surface area contributed by atoms with Crippen LogP contribution in [0.25, 0.3) is 0 Å². The van der Waals surface area contributed by atoms with Gasteiger partial charge in [-0.25, -0.2) is 0 Å². The number of amides is 2. The number of carbonyl (C=O) groups excluding carboxylic acids is 2. The van der Waals surface area contributed by atoms with E-state index >= 15 is 0 Å². The van der Waals surface area contributed by atoms with E-state index in [4.69, 9.17) is 23.2 Å². The molecule has 0 aliphatic heterocycles. The van der Waals surface area contributed by atoms with E-state index in [0.717, 1.165) is 5.56 Å². The lowest BCUT2D eigenvalue weighted by atomic mass is 10.00. The molecule has 4 nitrogen and oxygen atoms in total. The van der Waals surface area contributed by atoms with E-state index in [0.29, 0.717) is 40.8 Å². The third-order valence-corrected chi connectivity index (χ3v) is 6.26. The molecular formula is C27H36Cl2N2O2. The van der Waals surface area contributed by atoms with Gasteiger partial charge in [0.25, 0.3) is 0 Å². The van der Waals surface area contributed by atoms with Gasteiger partial charge in [-0.1, -0.05) is 74.3 Å². The summed E-state index contributed by atoms with van der Waals surface area (Å²) in [4.78, 5) is 28.2. The van der Waals surface area contributed by atoms with E-state index in [9.17, 15) is 9.59 Å². The molecule has 6 heteroatoms. The van der Waals surface area contributed by atoms with Crippen LogP contribution in [0.1, 0.15) is 77.0 Å². The standard InChI is InChI=1S/C27H36Cl2N2O2/c1-7-24(26(33)30-27(4,5)6)31(17-21-22(28)9-8-10-23(21)29)25(32)16-13-19-11-14-20(15-12-19)18(2)3/h8-12,14-15,18,24H,7,13,16-17H2,1-6H3,(H,30,33)/t24-/m0/s1. The lowest BCUT2D eigenvalue weighted by molar-refractivity contribution is -0.142. The average Bonchev–Trinajstić information content (AvgIpc) is 2.73. The van der Waals surface area contributed by atoms with Gasteiger partial charge in [0, 0.05) is 34.1 Å². The Morgan fingerprint density at radius 1 is 1.00 bits per heavy atom. The summed E-state index contributed by atoms with van der Waals surface area (Å²) in [5, 5.41) is 3.98. The summed E-state index contributed by atoms with van der Waals surface area (Å²) in [5.41, 5.74) is 2.61. The largest absolute Gasteiger partial charge is 0.350 e. The number of halogens is 2. The molecule has 0 saturated carbocycles. The average molecular weight is 492 g/mol. The highest BCUT2D eigenvalue weighted by atomic mass is 35.5. The lowest BCUT2D eigenvalue weighted by Gasteiger charge is -2.33. The molecule has 0 aliphatic carbocycles. The van der Waals surface area contributed by atoms with Crippen molar-refractivity contribution in [3.63, 3.8) is 0 Å². The zero-order valence-corrected chi connectivity index (χ0v) is 22.1. The second-order valence-electron chi connectivity index (χ2n) is 9.78. The number of carbonyl (C=O) groups is 2. The molecule has 0 spiro atoms. The van der Waals surface area contributed by atoms with E-state index in [1.54, 1.807) is 23.1 Å². The van der Waals surface area contributed by atoms with Crippen molar-refractivity contribution in [3.05, 3.63) is 69.2 Å². The molecule has 2 rings (SSSR count). The second kappa shape index (κ2) is 11.9. The molecule has 0 heterocycles. The highest BCUT2D eigenvalue weighted by Gasteiger charge is 2.31. The monoisotopic (exact) mass is 490 g/mol. The highest BCUT2D eigenvalue weighted by molar-refractivity contribution is 6.36. The maximum atomic E-state index is 13.4. The zero-order valence-electron chi connectivity index (χ0n) is 20.5. The van der Waals surface area contributed by atoms with Crippen molar-refractivity contribution in [3.8, 4) is 0 Å². The first-order chi connectivity index (χ1) is 15.4. The number of nitrogens with one attached hydrogen (secondary N) is 1. The topological polar surface area (TPSA) is 49.4 Å². The van der Waals surface area contributed by atoms with Crippen LogP contribution in [-0.4, -0.2) is 28.3 Å². The van der Waals surface area contributed by atoms with Crippen molar-refractivity contribution >= 4 is 35.0 Å². The molecule has 2 amide bonds. The fraction of sp³-hybridized carbons (Fsp3) is 0.481. The van der Waals surface area contributed by atoms with Crippen LogP contribution in [0.5, 0.6) is 0 Å². The van der Waals surface area contributed by atoms with Gasteiger partial charge < -0.3 is 10.2 Å². The molecule has 1 N–H and O–H groups in total. The smallest absolute Gasteiger partial charge is 0.243 e. The fourth-order valence-corrected chi connectivity index (χ4v) is 4.21. The Morgan fingerprint density at radius 3 is 2.06 bits per heavy atom. The van der Waals surface area contributed by atoms with Crippen LogP contribution in [0.3, 0.4) is 0 Å². The Bertz CT molecular complexity index is 929. The van der Waals surface area contributed by atoms with Crippen LogP contribution in [-0.2, 0) is 22.6 Å². The maximum absolute atomic E-state index is 13.4. The highest BCUT2D eigenvalue weighted by Crippen LogP contribution is 2.27. The molecule has 0 radical (unpaired) electrons. The summed E-state index contributed by atoms with van der Waals surface area (Å²) in [6.45, 7) is 12.2. The predicted molar refractivity (Wildman–Crippen MR) is 138 cm³/mol. The van der Waals surface area contributed by atoms with Gasteiger partial charge in [-0.2, -0.15) is 0 Å². The van der Waals surface area contributed by atoms with Crippen LogP contribution in [0, 0.1) is 0 Å². The molecule has 0 unspecified atom stereocenters. The lowest BCUT2D eigenvalue weighted by Crippen LogP contribution is -2.53. The molecule has 2 aromatic rings. The minimum Gasteiger partial charge on any atom is -0.350 e. The molecule has 0 bridgehead atoms. The Morgan fingerprint density at radius 2 is 1.58 bits per heavy atom. The Balaban J connectivity index is 2.28. The summed E-state index contributed by atoms with van der Waals surface area (Å²) < 4.78 is 0. The first-order valence-electron chi connectivity index (χ1n) is 11.6. The molecule has 0 fully saturated rings. The van der Waals surface area contributed by atoms with Gasteiger partial charge in [0.15, 0.2) is 0 Å². The predicted octanol–water partition coefficient (Wildman–Crippen LogP) is 6.77. The number of rotatable bonds is 9. The van der Waals surface area contributed by atoms with Crippen LogP contribution < -0.4 is 5.32 Å². The number of benzene rings is 2. The normalized spacial score (nSPS) is 12.5. The molecule has 0 aliphatic rings. The maximum Gasteiger partial charge on any atom is 0.243 e. The van der Waals surface area contributed by atoms with Crippen molar-refractivity contribution in [2.75, 3.05) is 0 Å². The second-order valence-corrected chi connectivity index (χ2v) is 10.6. The summed E-state index contributed by atoms with van der Waals surface area (Å²) >= 11 is 12.8. The summed E-state index contributed by atoms with van der Waals surface area (Å²) in [6, 6.07) is 13.0. The summed E-state index contributed by atoms with van der Waals surface area (Å²) in [7, 11) is 0. The van der Waals surface area contributed by atoms with E-state index in [1.165, 1.54) is 5.56 Å². The van der Waals surface area contributed by atoms with E-state index in [2.05, 4.69) is 43.4 Å². The van der Waals surface area contributed by atoms with Gasteiger partial charge in [-0.15, -0.1) is 0 Å². The SMILES string of the molecule is CC[C@@H](C(=O)NC(C)(C)C)N(Cc1c(Cl)cccc1Cl)C(=O)CCc1ccc(C(C)C)cc1. The molecular weight excluding hydrogens is 455 g/mol. The molecule has 2 aromatic carbocycles. The number of nitrogens with zero attached hydrogens (tertiary/aromatic N) is 1. The number of aryl methyl sites for hydroxylation is 1. The Kier molecular flexibility index (Phi) is 9.81. The number of hydrogen-bond donors (Lipinski definition) is 1. The van der Waals surface area contributed by atoms with Gasteiger partial charge in [0.2, 0.25) is 11.8 Å². The molecule has 180 valence electrons. The quantitative estimate of drug-likeness (QED) is 0.421. The van der Waals surface area contributed by atoms with Crippen molar-refractivity contribution in [1.82, 2.24) is 10.2 Å². The molecule has 0 aromatic heterocycles. The van der Waals surface area contributed by atoms with Gasteiger partial charge in [-0.3, -0.25) is 9.59 Å². The summed E-state index contributed by atoms with van der Waals surface area (Å²) in [5.74, 6) is 0.181. The van der Waals surface area contributed by atoms with Crippen LogP contribution >= 0.6 is 23.2 Å². The Labute approximate surface area is 208 Å².